The summed E-state index contributed by atoms with van der Waals surface area (Å²) in [4.78, 5) is 2.49. The van der Waals surface area contributed by atoms with Gasteiger partial charge in [-0.25, -0.2) is 8.42 Å². The van der Waals surface area contributed by atoms with Crippen molar-refractivity contribution in [3.8, 4) is 5.75 Å². The van der Waals surface area contributed by atoms with E-state index in [0.717, 1.165) is 37.0 Å². The van der Waals surface area contributed by atoms with Crippen LogP contribution in [0, 0.1) is 13.8 Å². The molecule has 3 heterocycles. The summed E-state index contributed by atoms with van der Waals surface area (Å²) < 4.78 is 32.2. The minimum atomic E-state index is -3.42. The fourth-order valence-electron chi connectivity index (χ4n) is 4.66. The van der Waals surface area contributed by atoms with Crippen molar-refractivity contribution in [2.24, 2.45) is 0 Å². The fourth-order valence-corrected chi connectivity index (χ4v) is 6.61. The lowest BCUT2D eigenvalue weighted by Gasteiger charge is -2.38. The second-order valence-corrected chi connectivity index (χ2v) is 9.82. The molecule has 2 aliphatic heterocycles. The molecule has 2 saturated heterocycles. The number of sulfone groups is 1. The number of aromatic nitrogens is 2. The molecule has 152 valence electrons. The Bertz CT molecular complexity index is 905. The van der Waals surface area contributed by atoms with E-state index in [4.69, 9.17) is 9.84 Å². The van der Waals surface area contributed by atoms with Gasteiger partial charge in [-0.15, -0.1) is 0 Å². The molecule has 28 heavy (non-hydrogen) atoms. The first-order valence-corrected chi connectivity index (χ1v) is 11.4. The van der Waals surface area contributed by atoms with Crippen molar-refractivity contribution < 1.29 is 18.3 Å². The minimum absolute atomic E-state index is 0.0207. The SMILES string of the molecule is Cc1n[nH]c(C)c1S(=O)(=O)CN1[C@@H]2CC[C@H]1C[C@H](Oc1ccc(CO)cc1)C2. The molecule has 0 saturated carbocycles. The van der Waals surface area contributed by atoms with E-state index >= 15 is 0 Å². The number of piperidine rings is 1. The minimum Gasteiger partial charge on any atom is -0.490 e. The highest BCUT2D eigenvalue weighted by atomic mass is 32.2. The number of ether oxygens (including phenoxy) is 1. The summed E-state index contributed by atoms with van der Waals surface area (Å²) in [5, 5.41) is 16.0. The molecule has 2 fully saturated rings. The van der Waals surface area contributed by atoms with Crippen LogP contribution in [0.2, 0.25) is 0 Å². The summed E-state index contributed by atoms with van der Waals surface area (Å²) in [5.41, 5.74) is 2.00. The molecule has 0 unspecified atom stereocenters. The molecule has 2 aromatic rings. The summed E-state index contributed by atoms with van der Waals surface area (Å²) in [7, 11) is -3.42. The average molecular weight is 406 g/mol. The zero-order valence-electron chi connectivity index (χ0n) is 16.3. The summed E-state index contributed by atoms with van der Waals surface area (Å²) in [6.45, 7) is 3.50. The fraction of sp³-hybridized carbons (Fsp3) is 0.550. The topological polar surface area (TPSA) is 95.5 Å². The normalized spacial score (nSPS) is 25.2. The van der Waals surface area contributed by atoms with Crippen molar-refractivity contribution in [3.05, 3.63) is 41.2 Å². The van der Waals surface area contributed by atoms with Crippen LogP contribution in [0.3, 0.4) is 0 Å². The molecule has 1 aromatic heterocycles. The van der Waals surface area contributed by atoms with Gasteiger partial charge < -0.3 is 9.84 Å². The average Bonchev–Trinajstić information content (AvgIpc) is 3.10. The Labute approximate surface area is 165 Å². The van der Waals surface area contributed by atoms with Gasteiger partial charge in [0.15, 0.2) is 9.84 Å². The van der Waals surface area contributed by atoms with Gasteiger partial charge in [0.1, 0.15) is 22.6 Å². The third kappa shape index (κ3) is 3.68. The molecule has 0 radical (unpaired) electrons. The van der Waals surface area contributed by atoms with Crippen molar-refractivity contribution in [2.75, 3.05) is 5.88 Å². The van der Waals surface area contributed by atoms with Crippen molar-refractivity contribution in [2.45, 2.75) is 69.2 Å². The Morgan fingerprint density at radius 1 is 1.18 bits per heavy atom. The summed E-state index contributed by atoms with van der Waals surface area (Å²) >= 11 is 0. The third-order valence-electron chi connectivity index (χ3n) is 5.94. The van der Waals surface area contributed by atoms with Crippen molar-refractivity contribution >= 4 is 9.84 Å². The second kappa shape index (κ2) is 7.50. The number of nitrogens with one attached hydrogen (secondary N) is 1. The molecule has 0 spiro atoms. The van der Waals surface area contributed by atoms with E-state index in [1.807, 2.05) is 24.3 Å². The first kappa shape index (κ1) is 19.4. The van der Waals surface area contributed by atoms with Gasteiger partial charge in [-0.05, 0) is 57.2 Å². The van der Waals surface area contributed by atoms with E-state index in [9.17, 15) is 8.42 Å². The lowest BCUT2D eigenvalue weighted by Crippen LogP contribution is -2.48. The van der Waals surface area contributed by atoms with Gasteiger partial charge in [0.2, 0.25) is 0 Å². The van der Waals surface area contributed by atoms with E-state index in [0.29, 0.717) is 16.3 Å². The third-order valence-corrected chi connectivity index (χ3v) is 7.80. The van der Waals surface area contributed by atoms with Crippen LogP contribution in [0.4, 0.5) is 0 Å². The van der Waals surface area contributed by atoms with Gasteiger partial charge >= 0.3 is 0 Å². The van der Waals surface area contributed by atoms with Crippen LogP contribution in [0.15, 0.2) is 29.2 Å². The number of aliphatic hydroxyl groups excluding tert-OH is 1. The molecule has 0 amide bonds. The van der Waals surface area contributed by atoms with Crippen molar-refractivity contribution in [1.82, 2.24) is 15.1 Å². The first-order chi connectivity index (χ1) is 13.4. The lowest BCUT2D eigenvalue weighted by atomic mass is 10.0. The number of nitrogens with zero attached hydrogens (tertiary/aromatic N) is 2. The van der Waals surface area contributed by atoms with Gasteiger partial charge in [-0.3, -0.25) is 10.00 Å². The molecular formula is C20H27N3O4S. The smallest absolute Gasteiger partial charge is 0.195 e. The predicted molar refractivity (Wildman–Crippen MR) is 105 cm³/mol. The van der Waals surface area contributed by atoms with Crippen LogP contribution >= 0.6 is 0 Å². The largest absolute Gasteiger partial charge is 0.490 e. The summed E-state index contributed by atoms with van der Waals surface area (Å²) in [6.07, 6.45) is 3.77. The number of H-pyrrole nitrogens is 1. The molecule has 8 heteroatoms. The monoisotopic (exact) mass is 405 g/mol. The standard InChI is InChI=1S/C20H27N3O4S/c1-13-20(14(2)22-21-13)28(25,26)12-23-16-5-6-17(23)10-19(9-16)27-18-7-3-15(11-24)4-8-18/h3-4,7-8,16-17,19,24H,5-6,9-12H2,1-2H3,(H,21,22)/t16-,17+,19-. The Hall–Kier alpha value is -1.90. The van der Waals surface area contributed by atoms with E-state index in [1.54, 1.807) is 13.8 Å². The molecular weight excluding hydrogens is 378 g/mol. The van der Waals surface area contributed by atoms with Crippen LogP contribution < -0.4 is 4.74 Å². The van der Waals surface area contributed by atoms with Gasteiger partial charge in [0.25, 0.3) is 0 Å². The van der Waals surface area contributed by atoms with Crippen LogP contribution in [-0.2, 0) is 16.4 Å². The maximum atomic E-state index is 13.0. The number of fused-ring (bicyclic) bond motifs is 2. The number of aryl methyl sites for hydroxylation is 2. The molecule has 4 rings (SSSR count). The van der Waals surface area contributed by atoms with Crippen LogP contribution in [0.5, 0.6) is 5.75 Å². The molecule has 1 aromatic carbocycles. The van der Waals surface area contributed by atoms with E-state index in [1.165, 1.54) is 0 Å². The Morgan fingerprint density at radius 2 is 1.82 bits per heavy atom. The van der Waals surface area contributed by atoms with Crippen LogP contribution in [-0.4, -0.2) is 52.7 Å². The summed E-state index contributed by atoms with van der Waals surface area (Å²) in [5.74, 6) is 0.842. The maximum absolute atomic E-state index is 13.0. The lowest BCUT2D eigenvalue weighted by molar-refractivity contribution is 0.0609. The molecule has 2 bridgehead atoms. The first-order valence-electron chi connectivity index (χ1n) is 9.74. The van der Waals surface area contributed by atoms with Gasteiger partial charge in [-0.2, -0.15) is 5.10 Å². The quantitative estimate of drug-likeness (QED) is 0.766. The maximum Gasteiger partial charge on any atom is 0.195 e. The highest BCUT2D eigenvalue weighted by molar-refractivity contribution is 7.91. The number of hydrogen-bond donors (Lipinski definition) is 2. The van der Waals surface area contributed by atoms with Gasteiger partial charge in [0.05, 0.1) is 18.0 Å². The Kier molecular flexibility index (Phi) is 5.20. The van der Waals surface area contributed by atoms with Gasteiger partial charge in [-0.1, -0.05) is 12.1 Å². The van der Waals surface area contributed by atoms with Crippen LogP contribution in [0.1, 0.15) is 42.6 Å². The number of aromatic amines is 1. The number of benzene rings is 1. The number of aliphatic hydroxyl groups is 1. The van der Waals surface area contributed by atoms with Crippen molar-refractivity contribution in [3.63, 3.8) is 0 Å². The number of hydrogen-bond acceptors (Lipinski definition) is 6. The summed E-state index contributed by atoms with van der Waals surface area (Å²) in [6, 6.07) is 7.94. The molecule has 7 nitrogen and oxygen atoms in total. The highest BCUT2D eigenvalue weighted by Gasteiger charge is 2.43. The molecule has 3 atom stereocenters. The van der Waals surface area contributed by atoms with Crippen LogP contribution in [0.25, 0.3) is 0 Å². The van der Waals surface area contributed by atoms with Crippen molar-refractivity contribution in [1.29, 1.82) is 0 Å². The molecule has 2 N–H and O–H groups in total. The second-order valence-electron chi connectivity index (χ2n) is 7.92. The van der Waals surface area contributed by atoms with E-state index < -0.39 is 9.84 Å². The predicted octanol–water partition coefficient (Wildman–Crippen LogP) is 2.32. The number of rotatable bonds is 6. The van der Waals surface area contributed by atoms with E-state index in [2.05, 4.69) is 15.1 Å². The molecule has 2 aliphatic rings. The Morgan fingerprint density at radius 3 is 2.36 bits per heavy atom. The zero-order chi connectivity index (χ0) is 19.9. The molecule has 0 aliphatic carbocycles. The van der Waals surface area contributed by atoms with Gasteiger partial charge in [0, 0.05) is 12.1 Å². The highest BCUT2D eigenvalue weighted by Crippen LogP contribution is 2.38. The Balaban J connectivity index is 1.44. The van der Waals surface area contributed by atoms with E-state index in [-0.39, 0.29) is 30.7 Å². The zero-order valence-corrected chi connectivity index (χ0v) is 17.1.